The topological polar surface area (TPSA) is 197 Å². The molecule has 2 amide bonds. The van der Waals surface area contributed by atoms with E-state index in [4.69, 9.17) is 21.4 Å². The standard InChI is InChI=1S/C10H16N6O5S.C2HF3O2.Na/c11-1-2-14-4-6-8-5-15(7(3-12)9(6)13-14)10(17)16(8)21-22(18,19)20;3-2(4,5)1(6)7;/h4,7-8H,1-3,5,11-12H2,(H,18,19,20);(H,6,7);/q;;+1/p-1/t7-,8-;;/m1../s1. The van der Waals surface area contributed by atoms with Crippen molar-refractivity contribution < 1.29 is 74.7 Å². The summed E-state index contributed by atoms with van der Waals surface area (Å²) in [5, 5.41) is 12.1. The number of nitrogens with two attached hydrogens (primary N) is 2. The summed E-state index contributed by atoms with van der Waals surface area (Å²) in [7, 11) is -5.06. The molecule has 2 aliphatic heterocycles. The van der Waals surface area contributed by atoms with E-state index in [0.29, 0.717) is 29.4 Å². The van der Waals surface area contributed by atoms with E-state index in [1.54, 1.807) is 10.9 Å². The van der Waals surface area contributed by atoms with Gasteiger partial charge in [-0.15, -0.1) is 0 Å². The Labute approximate surface area is 189 Å². The molecule has 3 heterocycles. The third-order valence-electron chi connectivity index (χ3n) is 3.95. The van der Waals surface area contributed by atoms with Gasteiger partial charge in [-0.2, -0.15) is 27.6 Å². The zero-order valence-electron chi connectivity index (χ0n) is 15.4. The molecule has 5 N–H and O–H groups in total. The number of carbonyl (C=O) groups excluding carboxylic acids is 1. The van der Waals surface area contributed by atoms with Crippen LogP contribution in [0.15, 0.2) is 6.20 Å². The van der Waals surface area contributed by atoms with Crippen molar-refractivity contribution in [2.45, 2.75) is 24.8 Å². The first-order chi connectivity index (χ1) is 13.3. The maximum atomic E-state index is 12.2. The van der Waals surface area contributed by atoms with Gasteiger partial charge < -0.3 is 26.0 Å². The number of amides is 2. The van der Waals surface area contributed by atoms with Crippen LogP contribution in [0.2, 0.25) is 0 Å². The number of carboxylic acid groups (broad SMARTS) is 1. The van der Waals surface area contributed by atoms with Crippen LogP contribution < -0.4 is 41.0 Å². The van der Waals surface area contributed by atoms with Gasteiger partial charge in [0, 0.05) is 24.8 Å². The van der Waals surface area contributed by atoms with Crippen molar-refractivity contribution in [1.29, 1.82) is 0 Å². The van der Waals surface area contributed by atoms with E-state index in [0.717, 1.165) is 0 Å². The predicted octanol–water partition coefficient (Wildman–Crippen LogP) is -4.34. The predicted molar refractivity (Wildman–Crippen MR) is 84.2 cm³/mol. The number of hydroxylamine groups is 2. The van der Waals surface area contributed by atoms with Gasteiger partial charge in [-0.1, -0.05) is 0 Å². The smallest absolute Gasteiger partial charge is 0.724 e. The molecule has 2 aliphatic rings. The van der Waals surface area contributed by atoms with Crippen molar-refractivity contribution >= 4 is 22.4 Å². The van der Waals surface area contributed by atoms with Crippen LogP contribution in [0.25, 0.3) is 0 Å². The zero-order valence-corrected chi connectivity index (χ0v) is 18.3. The molecule has 0 aromatic carbocycles. The molecular formula is C12H16F3N6NaO7S. The Kier molecular flexibility index (Phi) is 8.65. The molecule has 3 rings (SSSR count). The van der Waals surface area contributed by atoms with Gasteiger partial charge in [-0.05, 0) is 0 Å². The summed E-state index contributed by atoms with van der Waals surface area (Å²) in [5.74, 6) is -2.76. The van der Waals surface area contributed by atoms with Gasteiger partial charge in [0.2, 0.25) is 10.4 Å². The number of rotatable bonds is 5. The second-order valence-electron chi connectivity index (χ2n) is 5.84. The van der Waals surface area contributed by atoms with E-state index in [-0.39, 0.29) is 42.6 Å². The van der Waals surface area contributed by atoms with E-state index in [1.165, 1.54) is 4.90 Å². The Hall–Kier alpha value is -1.47. The summed E-state index contributed by atoms with van der Waals surface area (Å²) in [4.78, 5) is 22.5. The minimum Gasteiger partial charge on any atom is -0.724 e. The van der Waals surface area contributed by atoms with Crippen molar-refractivity contribution in [3.63, 3.8) is 0 Å². The Morgan fingerprint density at radius 1 is 1.40 bits per heavy atom. The van der Waals surface area contributed by atoms with Crippen molar-refractivity contribution in [3.8, 4) is 0 Å². The minimum atomic E-state index is -5.08. The molecule has 2 atom stereocenters. The average molecular weight is 468 g/mol. The Morgan fingerprint density at radius 3 is 2.40 bits per heavy atom. The summed E-state index contributed by atoms with van der Waals surface area (Å²) in [6, 6.07) is -1.94. The molecule has 0 aliphatic carbocycles. The molecule has 1 aromatic heterocycles. The molecule has 18 heteroatoms. The Balaban J connectivity index is 0.000000489. The van der Waals surface area contributed by atoms with Crippen LogP contribution in [0.1, 0.15) is 23.3 Å². The summed E-state index contributed by atoms with van der Waals surface area (Å²) < 4.78 is 70.2. The number of hydrogen-bond donors (Lipinski definition) is 3. The summed E-state index contributed by atoms with van der Waals surface area (Å²) in [6.07, 6.45) is -3.42. The molecule has 13 nitrogen and oxygen atoms in total. The van der Waals surface area contributed by atoms with Crippen LogP contribution in [-0.4, -0.2) is 75.6 Å². The molecule has 30 heavy (non-hydrogen) atoms. The van der Waals surface area contributed by atoms with Gasteiger partial charge in [0.1, 0.15) is 6.04 Å². The maximum absolute atomic E-state index is 12.2. The fourth-order valence-corrected chi connectivity index (χ4v) is 3.23. The van der Waals surface area contributed by atoms with Crippen LogP contribution in [0.3, 0.4) is 0 Å². The van der Waals surface area contributed by atoms with Gasteiger partial charge in [0.15, 0.2) is 0 Å². The molecule has 0 radical (unpaired) electrons. The van der Waals surface area contributed by atoms with Crippen molar-refractivity contribution in [2.24, 2.45) is 11.5 Å². The Bertz CT molecular complexity index is 895. The number of carboxylic acids is 1. The molecular weight excluding hydrogens is 452 g/mol. The van der Waals surface area contributed by atoms with E-state index >= 15 is 0 Å². The first kappa shape index (κ1) is 26.6. The van der Waals surface area contributed by atoms with E-state index in [1.807, 2.05) is 0 Å². The SMILES string of the molecule is NCCn1cc2c(n1)[C@@H](CN)N1C[C@H]2N(OS(=O)(=O)[O-])C1=O.O=C(O)C(F)(F)F.[Na+]. The average Bonchev–Trinajstić information content (AvgIpc) is 3.10. The number of aliphatic carboxylic acids is 1. The minimum absolute atomic E-state index is 0. The molecule has 0 unspecified atom stereocenters. The monoisotopic (exact) mass is 468 g/mol. The van der Waals surface area contributed by atoms with Gasteiger partial charge >= 0.3 is 47.7 Å². The van der Waals surface area contributed by atoms with Gasteiger partial charge in [-0.25, -0.2) is 18.0 Å². The van der Waals surface area contributed by atoms with Gasteiger partial charge in [0.05, 0.1) is 24.8 Å². The number of fused-ring (bicyclic) bond motifs is 4. The van der Waals surface area contributed by atoms with Crippen LogP contribution in [0.4, 0.5) is 18.0 Å². The molecule has 1 aromatic rings. The van der Waals surface area contributed by atoms with Crippen molar-refractivity contribution in [3.05, 3.63) is 17.5 Å². The van der Waals surface area contributed by atoms with E-state index < -0.39 is 40.7 Å². The van der Waals surface area contributed by atoms with Crippen LogP contribution in [0, 0.1) is 0 Å². The number of hydrogen-bond acceptors (Lipinski definition) is 9. The zero-order chi connectivity index (χ0) is 22.1. The van der Waals surface area contributed by atoms with E-state index in [9.17, 15) is 30.9 Å². The number of alkyl halides is 3. The summed E-state index contributed by atoms with van der Waals surface area (Å²) >= 11 is 0. The Morgan fingerprint density at radius 2 is 1.97 bits per heavy atom. The van der Waals surface area contributed by atoms with Crippen molar-refractivity contribution in [1.82, 2.24) is 19.7 Å². The molecule has 0 spiro atoms. The number of aromatic nitrogens is 2. The summed E-state index contributed by atoms with van der Waals surface area (Å²) in [6.45, 7) is 1.13. The second-order valence-corrected chi connectivity index (χ2v) is 6.80. The summed E-state index contributed by atoms with van der Waals surface area (Å²) in [5.41, 5.74) is 12.4. The molecule has 2 bridgehead atoms. The number of carbonyl (C=O) groups is 2. The number of nitrogens with zero attached hydrogens (tertiary/aromatic N) is 4. The van der Waals surface area contributed by atoms with Crippen LogP contribution in [0.5, 0.6) is 0 Å². The second kappa shape index (κ2) is 9.77. The van der Waals surface area contributed by atoms with Crippen LogP contribution >= 0.6 is 0 Å². The first-order valence-corrected chi connectivity index (χ1v) is 9.16. The van der Waals surface area contributed by atoms with Gasteiger partial charge in [0.25, 0.3) is 0 Å². The largest absolute Gasteiger partial charge is 1.00 e. The molecule has 1 saturated heterocycles. The van der Waals surface area contributed by atoms with Gasteiger partial charge in [-0.3, -0.25) is 4.68 Å². The quantitative estimate of drug-likeness (QED) is 0.216. The molecule has 0 saturated carbocycles. The normalized spacial score (nSPS) is 20.3. The fraction of sp³-hybridized carbons (Fsp3) is 0.583. The van der Waals surface area contributed by atoms with E-state index in [2.05, 4.69) is 9.38 Å². The third kappa shape index (κ3) is 5.82. The first-order valence-electron chi connectivity index (χ1n) is 7.82. The number of halogens is 3. The third-order valence-corrected chi connectivity index (χ3v) is 4.30. The maximum Gasteiger partial charge on any atom is 1.00 e. The molecule has 164 valence electrons. The number of urea groups is 1. The van der Waals surface area contributed by atoms with Crippen LogP contribution in [-0.2, 0) is 26.0 Å². The van der Waals surface area contributed by atoms with Crippen molar-refractivity contribution in [2.75, 3.05) is 19.6 Å². The molecule has 1 fully saturated rings. The fourth-order valence-electron chi connectivity index (χ4n) is 2.87.